The van der Waals surface area contributed by atoms with Crippen molar-refractivity contribution < 1.29 is 4.79 Å². The van der Waals surface area contributed by atoms with E-state index in [1.807, 2.05) is 32.3 Å². The van der Waals surface area contributed by atoms with Crippen LogP contribution in [0.25, 0.3) is 33.3 Å². The molecule has 2 atom stereocenters. The van der Waals surface area contributed by atoms with Crippen molar-refractivity contribution in [2.24, 2.45) is 18.9 Å². The summed E-state index contributed by atoms with van der Waals surface area (Å²) >= 11 is 0. The Bertz CT molecular complexity index is 1430. The van der Waals surface area contributed by atoms with Crippen LogP contribution in [0.3, 0.4) is 0 Å². The number of nitrogens with zero attached hydrogens (tertiary/aromatic N) is 6. The zero-order chi connectivity index (χ0) is 23.1. The Kier molecular flexibility index (Phi) is 4.98. The maximum absolute atomic E-state index is 12.4. The first kappa shape index (κ1) is 20.6. The van der Waals surface area contributed by atoms with Crippen LogP contribution in [0.2, 0.25) is 0 Å². The van der Waals surface area contributed by atoms with E-state index >= 15 is 0 Å². The number of carbonyl (C=O) groups is 1. The average molecular weight is 438 g/mol. The highest BCUT2D eigenvalue weighted by molar-refractivity contribution is 5.98. The van der Waals surface area contributed by atoms with Gasteiger partial charge in [0.25, 0.3) is 0 Å². The SMILES string of the molecule is Cc1cc(-c2cnn(C)c2)ncc1-c1cc2cc(NC(=O)C3CC3CC#N)ncc2c(N)n1. The van der Waals surface area contributed by atoms with Crippen LogP contribution < -0.4 is 11.1 Å². The van der Waals surface area contributed by atoms with Crippen molar-refractivity contribution in [1.29, 1.82) is 5.26 Å². The van der Waals surface area contributed by atoms with E-state index in [4.69, 9.17) is 11.0 Å². The largest absolute Gasteiger partial charge is 0.383 e. The van der Waals surface area contributed by atoms with Crippen LogP contribution >= 0.6 is 0 Å². The normalized spacial score (nSPS) is 17.0. The molecule has 1 amide bonds. The lowest BCUT2D eigenvalue weighted by Gasteiger charge is -2.11. The molecule has 164 valence electrons. The molecular weight excluding hydrogens is 416 g/mol. The van der Waals surface area contributed by atoms with Crippen LogP contribution in [0.4, 0.5) is 11.6 Å². The minimum Gasteiger partial charge on any atom is -0.383 e. The smallest absolute Gasteiger partial charge is 0.228 e. The van der Waals surface area contributed by atoms with Gasteiger partial charge >= 0.3 is 0 Å². The molecule has 4 aromatic rings. The number of aromatic nitrogens is 5. The van der Waals surface area contributed by atoms with Gasteiger partial charge in [-0.2, -0.15) is 10.4 Å². The van der Waals surface area contributed by atoms with Crippen molar-refractivity contribution in [3.05, 3.63) is 48.5 Å². The van der Waals surface area contributed by atoms with E-state index in [0.29, 0.717) is 29.1 Å². The quantitative estimate of drug-likeness (QED) is 0.487. The van der Waals surface area contributed by atoms with Gasteiger partial charge in [-0.05, 0) is 48.4 Å². The summed E-state index contributed by atoms with van der Waals surface area (Å²) in [6.07, 6.45) is 8.25. The molecule has 0 radical (unpaired) electrons. The standard InChI is InChI=1S/C24H22N8O/c1-13-5-20(16-9-29-32(2)12-16)27-10-18(13)21-7-15-8-22(28-11-19(15)23(26)30-21)31-24(33)17-6-14(17)3-4-25/h5,7-12,14,17H,3,6H2,1-2H3,(H2,26,30)(H,28,31,33). The highest BCUT2D eigenvalue weighted by Crippen LogP contribution is 2.41. The molecule has 5 rings (SSSR count). The maximum Gasteiger partial charge on any atom is 0.228 e. The maximum atomic E-state index is 12.4. The summed E-state index contributed by atoms with van der Waals surface area (Å²) in [6.45, 7) is 2.00. The highest BCUT2D eigenvalue weighted by Gasteiger charge is 2.42. The van der Waals surface area contributed by atoms with E-state index in [9.17, 15) is 4.79 Å². The second kappa shape index (κ2) is 7.98. The van der Waals surface area contributed by atoms with Crippen molar-refractivity contribution in [1.82, 2.24) is 24.7 Å². The minimum absolute atomic E-state index is 0.101. The summed E-state index contributed by atoms with van der Waals surface area (Å²) < 4.78 is 1.74. The van der Waals surface area contributed by atoms with Gasteiger partial charge in [-0.25, -0.2) is 9.97 Å². The number of nitrogen functional groups attached to an aromatic ring is 1. The first-order chi connectivity index (χ1) is 15.9. The van der Waals surface area contributed by atoms with Gasteiger partial charge in [-0.3, -0.25) is 14.5 Å². The average Bonchev–Trinajstić information content (AvgIpc) is 3.43. The predicted molar refractivity (Wildman–Crippen MR) is 125 cm³/mol. The van der Waals surface area contributed by atoms with Gasteiger partial charge in [0.1, 0.15) is 11.6 Å². The molecule has 4 heterocycles. The second-order valence-electron chi connectivity index (χ2n) is 8.42. The Morgan fingerprint density at radius 3 is 2.82 bits per heavy atom. The molecule has 9 heteroatoms. The summed E-state index contributed by atoms with van der Waals surface area (Å²) in [7, 11) is 1.87. The fraction of sp³-hybridized carbons (Fsp3) is 0.250. The number of carbonyl (C=O) groups excluding carboxylic acids is 1. The van der Waals surface area contributed by atoms with E-state index in [1.54, 1.807) is 29.3 Å². The van der Waals surface area contributed by atoms with E-state index in [1.165, 1.54) is 0 Å². The van der Waals surface area contributed by atoms with Gasteiger partial charge < -0.3 is 11.1 Å². The summed E-state index contributed by atoms with van der Waals surface area (Å²) in [6, 6.07) is 7.84. The van der Waals surface area contributed by atoms with Crippen LogP contribution in [-0.4, -0.2) is 30.6 Å². The molecule has 0 saturated heterocycles. The number of rotatable bonds is 5. The van der Waals surface area contributed by atoms with Crippen LogP contribution in [0.15, 0.2) is 43.0 Å². The van der Waals surface area contributed by atoms with Crippen molar-refractivity contribution in [2.75, 3.05) is 11.1 Å². The van der Waals surface area contributed by atoms with Crippen molar-refractivity contribution in [3.8, 4) is 28.6 Å². The van der Waals surface area contributed by atoms with Gasteiger partial charge in [0.05, 0.1) is 23.7 Å². The van der Waals surface area contributed by atoms with Gasteiger partial charge in [0.15, 0.2) is 0 Å². The second-order valence-corrected chi connectivity index (χ2v) is 8.42. The minimum atomic E-state index is -0.118. The number of anilines is 2. The molecule has 1 aliphatic rings. The number of fused-ring (bicyclic) bond motifs is 1. The topological polar surface area (TPSA) is 135 Å². The molecular formula is C24H22N8O. The van der Waals surface area contributed by atoms with Gasteiger partial charge in [-0.1, -0.05) is 0 Å². The summed E-state index contributed by atoms with van der Waals surface area (Å²) in [4.78, 5) is 25.9. The number of pyridine rings is 3. The first-order valence-electron chi connectivity index (χ1n) is 10.6. The van der Waals surface area contributed by atoms with Crippen molar-refractivity contribution in [3.63, 3.8) is 0 Å². The van der Waals surface area contributed by atoms with Gasteiger partial charge in [0.2, 0.25) is 5.91 Å². The first-order valence-corrected chi connectivity index (χ1v) is 10.6. The van der Waals surface area contributed by atoms with Gasteiger partial charge in [-0.15, -0.1) is 0 Å². The Hall–Kier alpha value is -4.32. The van der Waals surface area contributed by atoms with Crippen LogP contribution in [0.5, 0.6) is 0 Å². The Balaban J connectivity index is 1.44. The molecule has 9 nitrogen and oxygen atoms in total. The number of aryl methyl sites for hydroxylation is 2. The third-order valence-electron chi connectivity index (χ3n) is 6.00. The third-order valence-corrected chi connectivity index (χ3v) is 6.00. The van der Waals surface area contributed by atoms with E-state index < -0.39 is 0 Å². The number of nitrogens with two attached hydrogens (primary N) is 1. The summed E-state index contributed by atoms with van der Waals surface area (Å²) in [5.74, 6) is 0.739. The Morgan fingerprint density at radius 2 is 2.09 bits per heavy atom. The zero-order valence-electron chi connectivity index (χ0n) is 18.3. The number of nitrogens with one attached hydrogen (secondary N) is 1. The van der Waals surface area contributed by atoms with Gasteiger partial charge in [0, 0.05) is 54.5 Å². The van der Waals surface area contributed by atoms with Crippen LogP contribution in [-0.2, 0) is 11.8 Å². The predicted octanol–water partition coefficient (Wildman–Crippen LogP) is 3.47. The molecule has 0 aromatic carbocycles. The molecule has 3 N–H and O–H groups in total. The molecule has 0 spiro atoms. The number of hydrogen-bond donors (Lipinski definition) is 2. The molecule has 4 aromatic heterocycles. The highest BCUT2D eigenvalue weighted by atomic mass is 16.2. The molecule has 33 heavy (non-hydrogen) atoms. The lowest BCUT2D eigenvalue weighted by Crippen LogP contribution is -2.15. The lowest BCUT2D eigenvalue weighted by molar-refractivity contribution is -0.117. The van der Waals surface area contributed by atoms with Crippen molar-refractivity contribution >= 4 is 28.3 Å². The Labute approximate surface area is 190 Å². The molecule has 1 aliphatic carbocycles. The number of amides is 1. The fourth-order valence-electron chi connectivity index (χ4n) is 4.05. The summed E-state index contributed by atoms with van der Waals surface area (Å²) in [5, 5.41) is 17.4. The van der Waals surface area contributed by atoms with E-state index in [-0.39, 0.29) is 17.7 Å². The van der Waals surface area contributed by atoms with E-state index in [2.05, 4.69) is 31.4 Å². The van der Waals surface area contributed by atoms with Crippen molar-refractivity contribution in [2.45, 2.75) is 19.8 Å². The zero-order valence-corrected chi connectivity index (χ0v) is 18.3. The van der Waals surface area contributed by atoms with Crippen LogP contribution in [0.1, 0.15) is 18.4 Å². The third kappa shape index (κ3) is 3.99. The molecule has 0 bridgehead atoms. The Morgan fingerprint density at radius 1 is 1.24 bits per heavy atom. The van der Waals surface area contributed by atoms with E-state index in [0.717, 1.165) is 34.2 Å². The molecule has 1 fully saturated rings. The number of hydrogen-bond acceptors (Lipinski definition) is 7. The molecule has 0 aliphatic heterocycles. The number of nitriles is 1. The van der Waals surface area contributed by atoms with Crippen LogP contribution in [0, 0.1) is 30.1 Å². The molecule has 2 unspecified atom stereocenters. The fourth-order valence-corrected chi connectivity index (χ4v) is 4.05. The monoisotopic (exact) mass is 438 g/mol. The molecule has 1 saturated carbocycles. The lowest BCUT2D eigenvalue weighted by atomic mass is 10.0. The summed E-state index contributed by atoms with van der Waals surface area (Å²) in [5.41, 5.74) is 10.6.